The number of aliphatic imine (C=N–C) groups is 1. The van der Waals surface area contributed by atoms with E-state index in [0.717, 1.165) is 31.3 Å². The molecular weight excluding hydrogens is 310 g/mol. The van der Waals surface area contributed by atoms with E-state index in [4.69, 9.17) is 0 Å². The maximum Gasteiger partial charge on any atom is 0.193 e. The minimum Gasteiger partial charge on any atom is -0.352 e. The number of nitrogens with one attached hydrogen (secondary N) is 1. The molecule has 4 rings (SSSR count). The van der Waals surface area contributed by atoms with Gasteiger partial charge in [0, 0.05) is 38.4 Å². The predicted molar refractivity (Wildman–Crippen MR) is 101 cm³/mol. The summed E-state index contributed by atoms with van der Waals surface area (Å²) in [6, 6.07) is 10.2. The van der Waals surface area contributed by atoms with E-state index in [1.54, 1.807) is 0 Å². The van der Waals surface area contributed by atoms with Crippen molar-refractivity contribution in [2.24, 2.45) is 10.4 Å². The van der Waals surface area contributed by atoms with E-state index in [2.05, 4.69) is 38.6 Å². The van der Waals surface area contributed by atoms with Crippen LogP contribution in [0.1, 0.15) is 37.7 Å². The maximum atomic E-state index is 4.51. The summed E-state index contributed by atoms with van der Waals surface area (Å²) in [5, 5.41) is 7.99. The molecule has 0 radical (unpaired) electrons. The quantitative estimate of drug-likeness (QED) is 0.691. The molecule has 2 aromatic rings. The Balaban J connectivity index is 1.37. The Morgan fingerprint density at radius 2 is 2.00 bits per heavy atom. The van der Waals surface area contributed by atoms with Gasteiger partial charge in [-0.2, -0.15) is 5.10 Å². The molecule has 132 valence electrons. The van der Waals surface area contributed by atoms with Crippen LogP contribution in [0.2, 0.25) is 0 Å². The zero-order valence-corrected chi connectivity index (χ0v) is 15.0. The molecule has 1 aromatic carbocycles. The number of aromatic nitrogens is 2. The Hall–Kier alpha value is -2.30. The fraction of sp³-hybridized carbons (Fsp3) is 0.500. The molecule has 1 aliphatic heterocycles. The zero-order valence-electron chi connectivity index (χ0n) is 15.0. The van der Waals surface area contributed by atoms with Crippen LogP contribution in [0.5, 0.6) is 0 Å². The lowest BCUT2D eigenvalue weighted by Crippen LogP contribution is -2.40. The molecule has 0 bridgehead atoms. The van der Waals surface area contributed by atoms with Crippen LogP contribution in [0.25, 0.3) is 5.69 Å². The highest BCUT2D eigenvalue weighted by Crippen LogP contribution is 2.45. The van der Waals surface area contributed by atoms with Crippen LogP contribution < -0.4 is 5.32 Å². The third kappa shape index (κ3) is 3.41. The van der Waals surface area contributed by atoms with Crippen molar-refractivity contribution >= 4 is 5.96 Å². The van der Waals surface area contributed by atoms with Crippen LogP contribution in [-0.4, -0.2) is 40.8 Å². The minimum atomic E-state index is 0.565. The second-order valence-electron chi connectivity index (χ2n) is 7.41. The molecule has 0 atom stereocenters. The first-order valence-corrected chi connectivity index (χ1v) is 9.33. The molecule has 1 saturated heterocycles. The highest BCUT2D eigenvalue weighted by Gasteiger charge is 2.41. The van der Waals surface area contributed by atoms with Crippen molar-refractivity contribution in [1.82, 2.24) is 20.0 Å². The molecule has 1 aliphatic carbocycles. The van der Waals surface area contributed by atoms with Gasteiger partial charge in [0.2, 0.25) is 0 Å². The first kappa shape index (κ1) is 16.2. The number of hydrogen-bond acceptors (Lipinski definition) is 2. The molecular formula is C20H27N5. The fourth-order valence-electron chi connectivity index (χ4n) is 4.34. The van der Waals surface area contributed by atoms with Crippen molar-refractivity contribution < 1.29 is 0 Å². The van der Waals surface area contributed by atoms with Crippen LogP contribution in [-0.2, 0) is 6.54 Å². The Morgan fingerprint density at radius 3 is 2.76 bits per heavy atom. The van der Waals surface area contributed by atoms with Crippen LogP contribution in [0.3, 0.4) is 0 Å². The lowest BCUT2D eigenvalue weighted by Gasteiger charge is -2.25. The molecule has 5 heteroatoms. The summed E-state index contributed by atoms with van der Waals surface area (Å²) in [6.45, 7) is 3.04. The third-order valence-corrected chi connectivity index (χ3v) is 5.72. The molecule has 2 heterocycles. The Bertz CT molecular complexity index is 728. The van der Waals surface area contributed by atoms with Crippen LogP contribution in [0.15, 0.2) is 47.7 Å². The monoisotopic (exact) mass is 337 g/mol. The first-order chi connectivity index (χ1) is 12.3. The minimum absolute atomic E-state index is 0.565. The van der Waals surface area contributed by atoms with E-state index in [-0.39, 0.29) is 0 Å². The van der Waals surface area contributed by atoms with Gasteiger partial charge in [-0.1, -0.05) is 31.0 Å². The van der Waals surface area contributed by atoms with Gasteiger partial charge in [0.15, 0.2) is 5.96 Å². The highest BCUT2D eigenvalue weighted by atomic mass is 15.3. The van der Waals surface area contributed by atoms with E-state index in [9.17, 15) is 0 Å². The molecule has 0 unspecified atom stereocenters. The molecule has 2 fully saturated rings. The molecule has 1 aromatic heterocycles. The number of likely N-dealkylation sites (tertiary alicyclic amines) is 1. The predicted octanol–water partition coefficient (Wildman–Crippen LogP) is 3.21. The summed E-state index contributed by atoms with van der Waals surface area (Å²) in [5.41, 5.74) is 2.82. The molecule has 25 heavy (non-hydrogen) atoms. The molecule has 1 saturated carbocycles. The van der Waals surface area contributed by atoms with Gasteiger partial charge in [-0.05, 0) is 36.8 Å². The van der Waals surface area contributed by atoms with Crippen LogP contribution in [0, 0.1) is 5.41 Å². The summed E-state index contributed by atoms with van der Waals surface area (Å²) in [5.74, 6) is 1.02. The Labute approximate surface area is 149 Å². The van der Waals surface area contributed by atoms with E-state index in [1.807, 2.05) is 36.1 Å². The molecule has 0 amide bonds. The van der Waals surface area contributed by atoms with Gasteiger partial charge in [-0.25, -0.2) is 4.68 Å². The summed E-state index contributed by atoms with van der Waals surface area (Å²) in [7, 11) is 1.88. The Kier molecular flexibility index (Phi) is 4.47. The van der Waals surface area contributed by atoms with Crippen LogP contribution in [0.4, 0.5) is 0 Å². The SMILES string of the molecule is CN=C(NCc1cnn(-c2ccccc2)c1)N1CCC2(CCCC2)C1. The van der Waals surface area contributed by atoms with Gasteiger partial charge < -0.3 is 10.2 Å². The van der Waals surface area contributed by atoms with E-state index in [1.165, 1.54) is 37.7 Å². The van der Waals surface area contributed by atoms with E-state index < -0.39 is 0 Å². The van der Waals surface area contributed by atoms with Crippen molar-refractivity contribution in [3.8, 4) is 5.69 Å². The largest absolute Gasteiger partial charge is 0.352 e. The average molecular weight is 337 g/mol. The molecule has 1 spiro atoms. The molecule has 1 N–H and O–H groups in total. The van der Waals surface area contributed by atoms with E-state index >= 15 is 0 Å². The number of benzene rings is 1. The number of nitrogens with zero attached hydrogens (tertiary/aromatic N) is 4. The summed E-state index contributed by atoms with van der Waals surface area (Å²) < 4.78 is 1.92. The summed E-state index contributed by atoms with van der Waals surface area (Å²) in [6.07, 6.45) is 10.9. The summed E-state index contributed by atoms with van der Waals surface area (Å²) >= 11 is 0. The smallest absolute Gasteiger partial charge is 0.193 e. The van der Waals surface area contributed by atoms with Gasteiger partial charge in [0.1, 0.15) is 0 Å². The zero-order chi connectivity index (χ0) is 17.1. The van der Waals surface area contributed by atoms with Crippen molar-refractivity contribution in [1.29, 1.82) is 0 Å². The van der Waals surface area contributed by atoms with Gasteiger partial charge in [-0.3, -0.25) is 4.99 Å². The van der Waals surface area contributed by atoms with Crippen molar-refractivity contribution in [3.63, 3.8) is 0 Å². The van der Waals surface area contributed by atoms with Gasteiger partial charge >= 0.3 is 0 Å². The number of hydrogen-bond donors (Lipinski definition) is 1. The normalized spacial score (nSPS) is 19.7. The average Bonchev–Trinajstić information content (AvgIpc) is 3.39. The van der Waals surface area contributed by atoms with Crippen molar-refractivity contribution in [2.75, 3.05) is 20.1 Å². The van der Waals surface area contributed by atoms with Crippen molar-refractivity contribution in [3.05, 3.63) is 48.3 Å². The maximum absolute atomic E-state index is 4.51. The first-order valence-electron chi connectivity index (χ1n) is 9.33. The number of rotatable bonds is 3. The number of guanidine groups is 1. The number of para-hydroxylation sites is 1. The second-order valence-corrected chi connectivity index (χ2v) is 7.41. The highest BCUT2D eigenvalue weighted by molar-refractivity contribution is 5.80. The lowest BCUT2D eigenvalue weighted by molar-refractivity contribution is 0.309. The van der Waals surface area contributed by atoms with E-state index in [0.29, 0.717) is 5.41 Å². The fourth-order valence-corrected chi connectivity index (χ4v) is 4.34. The standard InChI is InChI=1S/C20H27N5/c1-21-19(24-12-11-20(16-24)9-5-6-10-20)22-13-17-14-23-25(15-17)18-7-3-2-4-8-18/h2-4,7-8,14-15H,5-6,9-13,16H2,1H3,(H,21,22). The topological polar surface area (TPSA) is 45.5 Å². The third-order valence-electron chi connectivity index (χ3n) is 5.72. The second kappa shape index (κ2) is 6.90. The van der Waals surface area contributed by atoms with Crippen LogP contribution >= 0.6 is 0 Å². The van der Waals surface area contributed by atoms with Gasteiger partial charge in [0.05, 0.1) is 11.9 Å². The van der Waals surface area contributed by atoms with Gasteiger partial charge in [-0.15, -0.1) is 0 Å². The Morgan fingerprint density at radius 1 is 1.20 bits per heavy atom. The summed E-state index contributed by atoms with van der Waals surface area (Å²) in [4.78, 5) is 6.95. The van der Waals surface area contributed by atoms with Crippen molar-refractivity contribution in [2.45, 2.75) is 38.6 Å². The molecule has 2 aliphatic rings. The molecule has 5 nitrogen and oxygen atoms in total. The lowest BCUT2D eigenvalue weighted by atomic mass is 9.86. The van der Waals surface area contributed by atoms with Gasteiger partial charge in [0.25, 0.3) is 0 Å².